The van der Waals surface area contributed by atoms with Crippen LogP contribution < -0.4 is 10.1 Å². The Morgan fingerprint density at radius 3 is 2.50 bits per heavy atom. The number of benzene rings is 1. The number of amides is 1. The Morgan fingerprint density at radius 1 is 1.23 bits per heavy atom. The summed E-state index contributed by atoms with van der Waals surface area (Å²) in [4.78, 5) is 23.1. The van der Waals surface area contributed by atoms with Crippen molar-refractivity contribution in [3.05, 3.63) is 28.8 Å². The van der Waals surface area contributed by atoms with Gasteiger partial charge < -0.3 is 14.8 Å². The zero-order valence-corrected chi connectivity index (χ0v) is 14.1. The van der Waals surface area contributed by atoms with Crippen LogP contribution in [0.1, 0.15) is 26.3 Å². The van der Waals surface area contributed by atoms with Gasteiger partial charge in [-0.25, -0.2) is 4.79 Å². The second-order valence-corrected chi connectivity index (χ2v) is 5.87. The molecule has 0 spiro atoms. The maximum absolute atomic E-state index is 11.6. The molecule has 0 heterocycles. The third-order valence-corrected chi connectivity index (χ3v) is 3.66. The highest BCUT2D eigenvalue weighted by Crippen LogP contribution is 2.20. The fourth-order valence-corrected chi connectivity index (χ4v) is 1.62. The van der Waals surface area contributed by atoms with E-state index in [0.29, 0.717) is 16.7 Å². The number of rotatable bonds is 7. The van der Waals surface area contributed by atoms with E-state index >= 15 is 0 Å². The Bertz CT molecular complexity index is 531. The van der Waals surface area contributed by atoms with Crippen molar-refractivity contribution in [3.63, 3.8) is 0 Å². The van der Waals surface area contributed by atoms with Crippen LogP contribution in [0.2, 0.25) is 5.02 Å². The molecule has 1 atom stereocenters. The summed E-state index contributed by atoms with van der Waals surface area (Å²) in [6, 6.07) is 5.12. The zero-order valence-electron chi connectivity index (χ0n) is 13.3. The molecule has 6 heteroatoms. The highest BCUT2D eigenvalue weighted by atomic mass is 35.5. The van der Waals surface area contributed by atoms with Crippen LogP contribution in [0, 0.1) is 12.8 Å². The Balaban J connectivity index is 2.31. The number of ether oxygens (including phenoxy) is 2. The van der Waals surface area contributed by atoms with E-state index in [1.54, 1.807) is 18.2 Å². The fraction of sp³-hybridized carbons (Fsp3) is 0.500. The van der Waals surface area contributed by atoms with Crippen molar-refractivity contribution in [2.45, 2.75) is 33.7 Å². The monoisotopic (exact) mass is 327 g/mol. The molecule has 1 amide bonds. The van der Waals surface area contributed by atoms with Gasteiger partial charge in [-0.2, -0.15) is 0 Å². The van der Waals surface area contributed by atoms with Crippen molar-refractivity contribution in [2.75, 3.05) is 13.2 Å². The average molecular weight is 328 g/mol. The molecule has 0 saturated carbocycles. The van der Waals surface area contributed by atoms with E-state index in [4.69, 9.17) is 21.1 Å². The fourth-order valence-electron chi connectivity index (χ4n) is 1.50. The first-order valence-corrected chi connectivity index (χ1v) is 7.51. The van der Waals surface area contributed by atoms with E-state index in [-0.39, 0.29) is 25.2 Å². The topological polar surface area (TPSA) is 64.6 Å². The number of esters is 1. The molecule has 0 bridgehead atoms. The molecule has 0 aliphatic heterocycles. The van der Waals surface area contributed by atoms with Crippen molar-refractivity contribution in [2.24, 2.45) is 5.92 Å². The van der Waals surface area contributed by atoms with Gasteiger partial charge in [-0.15, -0.1) is 0 Å². The van der Waals surface area contributed by atoms with E-state index in [1.807, 2.05) is 27.7 Å². The molecule has 0 fully saturated rings. The van der Waals surface area contributed by atoms with Gasteiger partial charge in [0.2, 0.25) is 0 Å². The molecule has 0 unspecified atom stereocenters. The van der Waals surface area contributed by atoms with Crippen molar-refractivity contribution in [3.8, 4) is 5.75 Å². The number of aryl methyl sites for hydroxylation is 1. The number of carbonyl (C=O) groups excluding carboxylic acids is 2. The Kier molecular flexibility index (Phi) is 7.18. The van der Waals surface area contributed by atoms with Crippen LogP contribution in [0.4, 0.5) is 0 Å². The van der Waals surface area contributed by atoms with Gasteiger partial charge in [-0.1, -0.05) is 25.4 Å². The molecule has 1 rings (SSSR count). The van der Waals surface area contributed by atoms with Crippen LogP contribution >= 0.6 is 11.6 Å². The van der Waals surface area contributed by atoms with Gasteiger partial charge >= 0.3 is 5.97 Å². The van der Waals surface area contributed by atoms with E-state index in [1.165, 1.54) is 0 Å². The van der Waals surface area contributed by atoms with Gasteiger partial charge in [-0.3, -0.25) is 4.79 Å². The Labute approximate surface area is 135 Å². The summed E-state index contributed by atoms with van der Waals surface area (Å²) in [6.45, 7) is 7.18. The molecule has 5 nitrogen and oxygen atoms in total. The van der Waals surface area contributed by atoms with Crippen LogP contribution in [0.5, 0.6) is 5.75 Å². The number of carbonyl (C=O) groups is 2. The summed E-state index contributed by atoms with van der Waals surface area (Å²) >= 11 is 5.90. The lowest BCUT2D eigenvalue weighted by Gasteiger charge is -2.17. The molecule has 1 aromatic rings. The van der Waals surface area contributed by atoms with Gasteiger partial charge in [0.05, 0.1) is 0 Å². The molecule has 122 valence electrons. The van der Waals surface area contributed by atoms with Crippen LogP contribution in [-0.2, 0) is 14.3 Å². The van der Waals surface area contributed by atoms with E-state index in [0.717, 1.165) is 5.56 Å². The Hall–Kier alpha value is -1.75. The summed E-state index contributed by atoms with van der Waals surface area (Å²) in [5, 5.41) is 3.38. The second-order valence-electron chi connectivity index (χ2n) is 5.46. The summed E-state index contributed by atoms with van der Waals surface area (Å²) < 4.78 is 10.1. The van der Waals surface area contributed by atoms with Gasteiger partial charge in [0.15, 0.2) is 13.2 Å². The number of hydrogen-bond donors (Lipinski definition) is 1. The smallest absolute Gasteiger partial charge is 0.344 e. The third kappa shape index (κ3) is 6.35. The molecule has 0 aromatic heterocycles. The van der Waals surface area contributed by atoms with E-state index < -0.39 is 5.97 Å². The molecule has 22 heavy (non-hydrogen) atoms. The van der Waals surface area contributed by atoms with Crippen LogP contribution in [0.25, 0.3) is 0 Å². The highest BCUT2D eigenvalue weighted by molar-refractivity contribution is 6.31. The number of nitrogens with one attached hydrogen (secondary N) is 1. The maximum atomic E-state index is 11.6. The lowest BCUT2D eigenvalue weighted by atomic mass is 10.1. The quantitative estimate of drug-likeness (QED) is 0.782. The number of halogens is 1. The minimum Gasteiger partial charge on any atom is -0.482 e. The van der Waals surface area contributed by atoms with Gasteiger partial charge in [0.25, 0.3) is 5.91 Å². The minimum atomic E-state index is -0.597. The van der Waals surface area contributed by atoms with Crippen molar-refractivity contribution in [1.29, 1.82) is 0 Å². The summed E-state index contributed by atoms with van der Waals surface area (Å²) in [5.41, 5.74) is 0.856. The van der Waals surface area contributed by atoms with E-state index in [9.17, 15) is 9.59 Å². The van der Waals surface area contributed by atoms with E-state index in [2.05, 4.69) is 5.32 Å². The zero-order chi connectivity index (χ0) is 16.7. The second kappa shape index (κ2) is 8.63. The molecule has 0 aliphatic carbocycles. The van der Waals surface area contributed by atoms with Gasteiger partial charge in [0, 0.05) is 11.1 Å². The Morgan fingerprint density at radius 2 is 1.91 bits per heavy atom. The predicted molar refractivity (Wildman–Crippen MR) is 85.1 cm³/mol. The number of hydrogen-bond acceptors (Lipinski definition) is 4. The highest BCUT2D eigenvalue weighted by Gasteiger charge is 2.13. The molecule has 0 saturated heterocycles. The molecular weight excluding hydrogens is 306 g/mol. The first kappa shape index (κ1) is 18.3. The van der Waals surface area contributed by atoms with Crippen LogP contribution in [0.3, 0.4) is 0 Å². The molecule has 1 N–H and O–H groups in total. The van der Waals surface area contributed by atoms with Crippen molar-refractivity contribution < 1.29 is 19.1 Å². The van der Waals surface area contributed by atoms with Gasteiger partial charge in [0.1, 0.15) is 5.75 Å². The largest absolute Gasteiger partial charge is 0.482 e. The van der Waals surface area contributed by atoms with Crippen LogP contribution in [0.15, 0.2) is 18.2 Å². The lowest BCUT2D eigenvalue weighted by molar-refractivity contribution is -0.150. The average Bonchev–Trinajstić information content (AvgIpc) is 2.46. The predicted octanol–water partition coefficient (Wildman–Crippen LogP) is 2.73. The minimum absolute atomic E-state index is 0.0273. The summed E-state index contributed by atoms with van der Waals surface area (Å²) in [7, 11) is 0. The van der Waals surface area contributed by atoms with Crippen molar-refractivity contribution in [1.82, 2.24) is 5.32 Å². The normalized spacial score (nSPS) is 11.9. The first-order valence-electron chi connectivity index (χ1n) is 7.13. The maximum Gasteiger partial charge on any atom is 0.344 e. The summed E-state index contributed by atoms with van der Waals surface area (Å²) in [5.74, 6) is -0.0790. The summed E-state index contributed by atoms with van der Waals surface area (Å²) in [6.07, 6.45) is 0. The van der Waals surface area contributed by atoms with Crippen molar-refractivity contribution >= 4 is 23.5 Å². The SMILES string of the molecule is Cc1cc(OCC(=O)OCC(=O)N[C@H](C)C(C)C)ccc1Cl. The molecule has 0 radical (unpaired) electrons. The van der Waals surface area contributed by atoms with Crippen LogP contribution in [-0.4, -0.2) is 31.1 Å². The van der Waals surface area contributed by atoms with Gasteiger partial charge in [-0.05, 0) is 43.5 Å². The third-order valence-electron chi connectivity index (χ3n) is 3.24. The standard InChI is InChI=1S/C16H22ClNO4/c1-10(2)12(4)18-15(19)8-22-16(20)9-21-13-5-6-14(17)11(3)7-13/h5-7,10,12H,8-9H2,1-4H3,(H,18,19)/t12-/m1/s1. The lowest BCUT2D eigenvalue weighted by Crippen LogP contribution is -2.39. The first-order chi connectivity index (χ1) is 10.3. The molecular formula is C16H22ClNO4. The molecule has 0 aliphatic rings. The molecule has 1 aromatic carbocycles.